The van der Waals surface area contributed by atoms with E-state index in [4.69, 9.17) is 32.2 Å². The summed E-state index contributed by atoms with van der Waals surface area (Å²) in [4.78, 5) is 31.8. The maximum atomic E-state index is 13.7. The molecule has 1 atom stereocenters. The number of esters is 1. The first-order valence-electron chi connectivity index (χ1n) is 11.2. The molecule has 10 heteroatoms. The fourth-order valence-corrected chi connectivity index (χ4v) is 5.73. The van der Waals surface area contributed by atoms with Crippen LogP contribution in [-0.4, -0.2) is 30.9 Å². The van der Waals surface area contributed by atoms with Gasteiger partial charge in [0.2, 0.25) is 0 Å². The van der Waals surface area contributed by atoms with Gasteiger partial charge in [0.25, 0.3) is 5.56 Å². The highest BCUT2D eigenvalue weighted by atomic mass is 79.9. The minimum absolute atomic E-state index is 0.0831. The van der Waals surface area contributed by atoms with E-state index in [-0.39, 0.29) is 18.8 Å². The lowest BCUT2D eigenvalue weighted by Crippen LogP contribution is -2.39. The Morgan fingerprint density at radius 2 is 2.05 bits per heavy atom. The first-order chi connectivity index (χ1) is 17.8. The fraction of sp³-hybridized carbons (Fsp3) is 0.222. The molecule has 0 unspecified atom stereocenters. The first kappa shape index (κ1) is 26.7. The highest BCUT2D eigenvalue weighted by Crippen LogP contribution is 2.37. The number of allylic oxidation sites excluding steroid dienone is 1. The lowest BCUT2D eigenvalue weighted by atomic mass is 9.96. The van der Waals surface area contributed by atoms with Gasteiger partial charge in [-0.1, -0.05) is 41.0 Å². The maximum Gasteiger partial charge on any atom is 0.338 e. The monoisotopic (exact) mass is 600 g/mol. The van der Waals surface area contributed by atoms with E-state index in [1.807, 2.05) is 0 Å². The van der Waals surface area contributed by atoms with E-state index in [0.29, 0.717) is 52.7 Å². The molecule has 1 aromatic heterocycles. The number of aromatic nitrogens is 1. The summed E-state index contributed by atoms with van der Waals surface area (Å²) in [6, 6.07) is 9.87. The van der Waals surface area contributed by atoms with E-state index >= 15 is 0 Å². The quantitative estimate of drug-likeness (QED) is 0.299. The summed E-state index contributed by atoms with van der Waals surface area (Å²) in [5.41, 5.74) is 1.93. The van der Waals surface area contributed by atoms with Crippen molar-refractivity contribution in [3.8, 4) is 23.8 Å². The molecule has 0 bridgehead atoms. The molecular weight excluding hydrogens is 580 g/mol. The van der Waals surface area contributed by atoms with Gasteiger partial charge in [-0.3, -0.25) is 9.36 Å². The molecule has 0 aliphatic carbocycles. The first-order valence-corrected chi connectivity index (χ1v) is 13.2. The van der Waals surface area contributed by atoms with Gasteiger partial charge >= 0.3 is 5.97 Å². The van der Waals surface area contributed by atoms with Gasteiger partial charge in [0.1, 0.15) is 6.61 Å². The number of hydrogen-bond acceptors (Lipinski definition) is 7. The van der Waals surface area contributed by atoms with E-state index < -0.39 is 12.0 Å². The van der Waals surface area contributed by atoms with Crippen LogP contribution in [0.2, 0.25) is 5.02 Å². The third-order valence-electron chi connectivity index (χ3n) is 5.55. The van der Waals surface area contributed by atoms with Crippen LogP contribution in [0.25, 0.3) is 6.08 Å². The van der Waals surface area contributed by atoms with E-state index in [0.717, 1.165) is 0 Å². The van der Waals surface area contributed by atoms with Crippen molar-refractivity contribution < 1.29 is 19.0 Å². The van der Waals surface area contributed by atoms with E-state index in [1.54, 1.807) is 56.3 Å². The number of ether oxygens (including phenoxy) is 3. The number of nitrogens with zero attached hydrogens (tertiary/aromatic N) is 2. The Morgan fingerprint density at radius 3 is 2.70 bits per heavy atom. The number of hydrogen-bond donors (Lipinski definition) is 0. The van der Waals surface area contributed by atoms with Crippen LogP contribution < -0.4 is 24.4 Å². The standard InChI is InChI=1S/C27H22BrClN2O5S/c1-5-11-36-24-19(28)12-16(13-20(24)34-4)14-21-25(32)31-23(17-7-9-18(29)10-8-17)22(26(33)35-6-2)15(3)30-27(31)37-21/h1,7-10,12-14,23H,6,11H2,2-4H3/b21-14-/t23-/m0/s1. The molecule has 1 aliphatic heterocycles. The number of thiazole rings is 1. The Hall–Kier alpha value is -3.32. The molecule has 37 heavy (non-hydrogen) atoms. The molecule has 0 spiro atoms. The van der Waals surface area contributed by atoms with Crippen LogP contribution in [-0.2, 0) is 9.53 Å². The van der Waals surface area contributed by atoms with Gasteiger partial charge in [0.05, 0.1) is 40.0 Å². The van der Waals surface area contributed by atoms with Gasteiger partial charge in [0.15, 0.2) is 16.3 Å². The average Bonchev–Trinajstić information content (AvgIpc) is 3.17. The number of methoxy groups -OCH3 is 1. The summed E-state index contributed by atoms with van der Waals surface area (Å²) in [5, 5.41) is 0.545. The number of carbonyl (C=O) groups is 1. The number of terminal acetylenes is 1. The summed E-state index contributed by atoms with van der Waals surface area (Å²) in [6.07, 6.45) is 7.05. The molecular formula is C27H22BrClN2O5S. The van der Waals surface area contributed by atoms with E-state index in [9.17, 15) is 9.59 Å². The lowest BCUT2D eigenvalue weighted by Gasteiger charge is -2.24. The smallest absolute Gasteiger partial charge is 0.338 e. The van der Waals surface area contributed by atoms with E-state index in [1.165, 1.54) is 23.0 Å². The molecule has 0 saturated heterocycles. The van der Waals surface area contributed by atoms with Crippen molar-refractivity contribution in [1.29, 1.82) is 0 Å². The Balaban J connectivity index is 1.90. The van der Waals surface area contributed by atoms with Crippen molar-refractivity contribution in [3.05, 3.63) is 88.0 Å². The van der Waals surface area contributed by atoms with Crippen LogP contribution in [0.5, 0.6) is 11.5 Å². The Kier molecular flexibility index (Phi) is 8.22. The third kappa shape index (κ3) is 5.37. The molecule has 0 fully saturated rings. The van der Waals surface area contributed by atoms with E-state index in [2.05, 4.69) is 26.8 Å². The zero-order valence-electron chi connectivity index (χ0n) is 20.2. The Bertz CT molecular complexity index is 1620. The minimum Gasteiger partial charge on any atom is -0.493 e. The van der Waals surface area contributed by atoms with Crippen LogP contribution in [0, 0.1) is 12.3 Å². The summed E-state index contributed by atoms with van der Waals surface area (Å²) >= 11 is 10.8. The van der Waals surface area contributed by atoms with Crippen molar-refractivity contribution >= 4 is 50.9 Å². The molecule has 0 saturated carbocycles. The molecule has 3 aromatic rings. The van der Waals surface area contributed by atoms with Crippen LogP contribution in [0.4, 0.5) is 0 Å². The third-order valence-corrected chi connectivity index (χ3v) is 7.38. The highest BCUT2D eigenvalue weighted by Gasteiger charge is 2.33. The number of carbonyl (C=O) groups excluding carboxylic acids is 1. The van der Waals surface area contributed by atoms with Crippen LogP contribution in [0.15, 0.2) is 61.9 Å². The second kappa shape index (κ2) is 11.4. The zero-order valence-corrected chi connectivity index (χ0v) is 23.4. The molecule has 0 radical (unpaired) electrons. The average molecular weight is 602 g/mol. The number of rotatable bonds is 7. The second-order valence-electron chi connectivity index (χ2n) is 7.88. The summed E-state index contributed by atoms with van der Waals surface area (Å²) in [6.45, 7) is 3.75. The SMILES string of the molecule is C#CCOc1c(Br)cc(/C=c2\sc3n(c2=O)[C@@H](c2ccc(Cl)cc2)C(C(=O)OCC)=C(C)N=3)cc1OC. The fourth-order valence-electron chi connectivity index (χ4n) is 3.98. The summed E-state index contributed by atoms with van der Waals surface area (Å²) < 4.78 is 18.9. The Labute approximate surface area is 230 Å². The second-order valence-corrected chi connectivity index (χ2v) is 10.2. The van der Waals surface area contributed by atoms with Crippen molar-refractivity contribution in [2.45, 2.75) is 19.9 Å². The largest absolute Gasteiger partial charge is 0.493 e. The minimum atomic E-state index is -0.712. The number of benzene rings is 2. The van der Waals surface area contributed by atoms with Gasteiger partial charge in [-0.25, -0.2) is 9.79 Å². The summed E-state index contributed by atoms with van der Waals surface area (Å²) in [7, 11) is 1.52. The molecule has 2 aromatic carbocycles. The lowest BCUT2D eigenvalue weighted by molar-refractivity contribution is -0.139. The highest BCUT2D eigenvalue weighted by molar-refractivity contribution is 9.10. The molecule has 0 N–H and O–H groups in total. The van der Waals surface area contributed by atoms with Crippen molar-refractivity contribution in [2.24, 2.45) is 4.99 Å². The van der Waals surface area contributed by atoms with Gasteiger partial charge < -0.3 is 14.2 Å². The predicted molar refractivity (Wildman–Crippen MR) is 147 cm³/mol. The zero-order chi connectivity index (χ0) is 26.7. The van der Waals surface area contributed by atoms with Crippen molar-refractivity contribution in [3.63, 3.8) is 0 Å². The number of fused-ring (bicyclic) bond motifs is 1. The summed E-state index contributed by atoms with van der Waals surface area (Å²) in [5.74, 6) is 2.84. The Morgan fingerprint density at radius 1 is 1.32 bits per heavy atom. The van der Waals surface area contributed by atoms with Gasteiger partial charge in [-0.05, 0) is 71.2 Å². The van der Waals surface area contributed by atoms with Crippen molar-refractivity contribution in [1.82, 2.24) is 4.57 Å². The van der Waals surface area contributed by atoms with Gasteiger partial charge in [-0.15, -0.1) is 6.42 Å². The molecule has 2 heterocycles. The van der Waals surface area contributed by atoms with Crippen LogP contribution in [0.1, 0.15) is 31.0 Å². The maximum absolute atomic E-state index is 13.7. The number of halogens is 2. The molecule has 0 amide bonds. The van der Waals surface area contributed by atoms with Crippen LogP contribution >= 0.6 is 38.9 Å². The van der Waals surface area contributed by atoms with Crippen LogP contribution in [0.3, 0.4) is 0 Å². The van der Waals surface area contributed by atoms with Gasteiger partial charge in [-0.2, -0.15) is 0 Å². The normalized spacial score (nSPS) is 15.0. The predicted octanol–water partition coefficient (Wildman–Crippen LogP) is 4.23. The molecule has 1 aliphatic rings. The molecule has 4 rings (SSSR count). The van der Waals surface area contributed by atoms with Crippen molar-refractivity contribution in [2.75, 3.05) is 20.3 Å². The molecule has 7 nitrogen and oxygen atoms in total. The topological polar surface area (TPSA) is 79.1 Å². The molecule has 190 valence electrons. The van der Waals surface area contributed by atoms with Gasteiger partial charge in [0, 0.05) is 5.02 Å².